The Morgan fingerprint density at radius 3 is 2.77 bits per heavy atom. The van der Waals surface area contributed by atoms with Crippen molar-refractivity contribution in [2.45, 2.75) is 0 Å². The molecule has 0 saturated heterocycles. The van der Waals surface area contributed by atoms with Gasteiger partial charge < -0.3 is 15.0 Å². The van der Waals surface area contributed by atoms with Crippen molar-refractivity contribution in [2.24, 2.45) is 7.05 Å². The summed E-state index contributed by atoms with van der Waals surface area (Å²) in [5.74, 6) is -0.828. The number of benzene rings is 1. The summed E-state index contributed by atoms with van der Waals surface area (Å²) in [6.07, 6.45) is 1.48. The van der Waals surface area contributed by atoms with Crippen LogP contribution in [0.15, 0.2) is 24.4 Å². The number of anilines is 1. The summed E-state index contributed by atoms with van der Waals surface area (Å²) in [5, 5.41) is 17.3. The highest BCUT2D eigenvalue weighted by Gasteiger charge is 2.22. The molecule has 0 unspecified atom stereocenters. The van der Waals surface area contributed by atoms with Crippen molar-refractivity contribution >= 4 is 34.8 Å². The molecule has 1 heterocycles. The maximum atomic E-state index is 12.4. The minimum absolute atomic E-state index is 0.0380. The molecule has 10 nitrogen and oxygen atoms in total. The summed E-state index contributed by atoms with van der Waals surface area (Å²) in [4.78, 5) is 36.0. The Kier molecular flexibility index (Phi) is 5.78. The third-order valence-corrected chi connectivity index (χ3v) is 3.69. The molecule has 2 aromatic rings. The Hall–Kier alpha value is -3.14. The number of carbonyl (C=O) groups is 2. The molecule has 138 valence electrons. The van der Waals surface area contributed by atoms with Gasteiger partial charge in [-0.2, -0.15) is 0 Å². The zero-order valence-corrected chi connectivity index (χ0v) is 15.0. The molecule has 0 fully saturated rings. The first-order valence-corrected chi connectivity index (χ1v) is 7.67. The van der Waals surface area contributed by atoms with Gasteiger partial charge in [0.15, 0.2) is 0 Å². The predicted molar refractivity (Wildman–Crippen MR) is 93.5 cm³/mol. The molecule has 0 saturated carbocycles. The largest absolute Gasteiger partial charge is 0.479 e. The summed E-state index contributed by atoms with van der Waals surface area (Å²) in [6.45, 7) is -0.271. The summed E-state index contributed by atoms with van der Waals surface area (Å²) < 4.78 is 6.45. The van der Waals surface area contributed by atoms with Gasteiger partial charge in [0.05, 0.1) is 18.6 Å². The lowest BCUT2D eigenvalue weighted by atomic mass is 10.2. The Balaban J connectivity index is 2.06. The fraction of sp³-hybridized carbons (Fsp3) is 0.267. The van der Waals surface area contributed by atoms with Gasteiger partial charge in [-0.1, -0.05) is 11.6 Å². The van der Waals surface area contributed by atoms with Crippen molar-refractivity contribution in [2.75, 3.05) is 26.0 Å². The Bertz CT molecular complexity index is 866. The number of amides is 2. The number of aromatic nitrogens is 2. The standard InChI is InChI=1S/C15H16ClN5O5/c1-19(15(23)10-7-20(2)18-14(10)26-3)8-13(22)17-9-4-5-11(16)12(6-9)21(24)25/h4-7H,8H2,1-3H3,(H,17,22). The number of hydrogen-bond acceptors (Lipinski definition) is 6. The molecule has 1 N–H and O–H groups in total. The molecule has 1 aromatic heterocycles. The van der Waals surface area contributed by atoms with Crippen LogP contribution in [0.1, 0.15) is 10.4 Å². The van der Waals surface area contributed by atoms with Crippen LogP contribution >= 0.6 is 11.6 Å². The SMILES string of the molecule is COc1nn(C)cc1C(=O)N(C)CC(=O)Nc1ccc(Cl)c([N+](=O)[O-])c1. The van der Waals surface area contributed by atoms with E-state index in [1.165, 1.54) is 42.1 Å². The molecule has 0 radical (unpaired) electrons. The molecule has 0 spiro atoms. The van der Waals surface area contributed by atoms with Gasteiger partial charge in [0, 0.05) is 32.0 Å². The Morgan fingerprint density at radius 2 is 2.15 bits per heavy atom. The van der Waals surface area contributed by atoms with E-state index in [4.69, 9.17) is 16.3 Å². The fourth-order valence-electron chi connectivity index (χ4n) is 2.19. The van der Waals surface area contributed by atoms with E-state index in [1.54, 1.807) is 7.05 Å². The van der Waals surface area contributed by atoms with Crippen molar-refractivity contribution in [3.63, 3.8) is 0 Å². The number of ether oxygens (including phenoxy) is 1. The monoisotopic (exact) mass is 381 g/mol. The van der Waals surface area contributed by atoms with Gasteiger partial charge in [-0.15, -0.1) is 5.10 Å². The topological polar surface area (TPSA) is 120 Å². The molecule has 0 aliphatic rings. The first kappa shape index (κ1) is 19.2. The third kappa shape index (κ3) is 4.28. The second-order valence-corrected chi connectivity index (χ2v) is 5.77. The van der Waals surface area contributed by atoms with E-state index >= 15 is 0 Å². The molecule has 0 bridgehead atoms. The highest BCUT2D eigenvalue weighted by atomic mass is 35.5. The molecule has 2 rings (SSSR count). The molecule has 0 atom stereocenters. The fourth-order valence-corrected chi connectivity index (χ4v) is 2.38. The number of aryl methyl sites for hydroxylation is 1. The van der Waals surface area contributed by atoms with Gasteiger partial charge in [-0.05, 0) is 12.1 Å². The molecule has 1 aromatic carbocycles. The van der Waals surface area contributed by atoms with Crippen molar-refractivity contribution in [3.05, 3.63) is 45.1 Å². The second-order valence-electron chi connectivity index (χ2n) is 5.36. The van der Waals surface area contributed by atoms with E-state index in [0.29, 0.717) is 0 Å². The van der Waals surface area contributed by atoms with Gasteiger partial charge >= 0.3 is 0 Å². The van der Waals surface area contributed by atoms with Crippen molar-refractivity contribution < 1.29 is 19.2 Å². The lowest BCUT2D eigenvalue weighted by Crippen LogP contribution is -2.35. The number of rotatable bonds is 6. The first-order valence-electron chi connectivity index (χ1n) is 7.29. The molecular formula is C15H16ClN5O5. The first-order chi connectivity index (χ1) is 12.2. The number of likely N-dealkylation sites (N-methyl/N-ethyl adjacent to an activating group) is 1. The highest BCUT2D eigenvalue weighted by Crippen LogP contribution is 2.27. The van der Waals surface area contributed by atoms with Crippen LogP contribution < -0.4 is 10.1 Å². The summed E-state index contributed by atoms with van der Waals surface area (Å²) >= 11 is 5.73. The summed E-state index contributed by atoms with van der Waals surface area (Å²) in [7, 11) is 4.47. The van der Waals surface area contributed by atoms with Crippen molar-refractivity contribution in [3.8, 4) is 5.88 Å². The molecule has 26 heavy (non-hydrogen) atoms. The minimum atomic E-state index is -0.650. The lowest BCUT2D eigenvalue weighted by molar-refractivity contribution is -0.384. The van der Waals surface area contributed by atoms with Gasteiger partial charge in [0.25, 0.3) is 11.6 Å². The van der Waals surface area contributed by atoms with Gasteiger partial charge in [0.2, 0.25) is 11.8 Å². The normalized spacial score (nSPS) is 10.3. The van der Waals surface area contributed by atoms with E-state index in [1.807, 2.05) is 0 Å². The number of halogens is 1. The van der Waals surface area contributed by atoms with Gasteiger partial charge in [-0.3, -0.25) is 24.4 Å². The average Bonchev–Trinajstić information content (AvgIpc) is 2.96. The van der Waals surface area contributed by atoms with Crippen LogP contribution in [0.5, 0.6) is 5.88 Å². The molecular weight excluding hydrogens is 366 g/mol. The quantitative estimate of drug-likeness (QED) is 0.600. The van der Waals surface area contributed by atoms with Gasteiger partial charge in [0.1, 0.15) is 10.6 Å². The number of methoxy groups -OCH3 is 1. The van der Waals surface area contributed by atoms with Crippen molar-refractivity contribution in [1.82, 2.24) is 14.7 Å². The lowest BCUT2D eigenvalue weighted by Gasteiger charge is -2.16. The zero-order chi connectivity index (χ0) is 19.4. The summed E-state index contributed by atoms with van der Waals surface area (Å²) in [5.41, 5.74) is 0.0901. The Labute approximate surface area is 153 Å². The number of nitro groups is 1. The van der Waals surface area contributed by atoms with Crippen molar-refractivity contribution in [1.29, 1.82) is 0 Å². The maximum absolute atomic E-state index is 12.4. The Morgan fingerprint density at radius 1 is 1.46 bits per heavy atom. The van der Waals surface area contributed by atoms with Crippen LogP contribution in [0.2, 0.25) is 5.02 Å². The number of nitrogens with zero attached hydrogens (tertiary/aromatic N) is 4. The van der Waals surface area contributed by atoms with E-state index in [-0.39, 0.29) is 34.4 Å². The smallest absolute Gasteiger partial charge is 0.289 e. The molecule has 0 aliphatic heterocycles. The van der Waals surface area contributed by atoms with Crippen LogP contribution in [0.3, 0.4) is 0 Å². The molecule has 2 amide bonds. The number of hydrogen-bond donors (Lipinski definition) is 1. The van der Waals surface area contributed by atoms with Crippen LogP contribution in [0, 0.1) is 10.1 Å². The maximum Gasteiger partial charge on any atom is 0.289 e. The van der Waals surface area contributed by atoms with E-state index in [2.05, 4.69) is 10.4 Å². The molecule has 0 aliphatic carbocycles. The second kappa shape index (κ2) is 7.83. The zero-order valence-electron chi connectivity index (χ0n) is 14.2. The van der Waals surface area contributed by atoms with E-state index in [0.717, 1.165) is 6.07 Å². The number of nitro benzene ring substituents is 1. The van der Waals surface area contributed by atoms with Crippen LogP contribution in [0.4, 0.5) is 11.4 Å². The van der Waals surface area contributed by atoms with Crippen LogP contribution in [-0.4, -0.2) is 52.1 Å². The van der Waals surface area contributed by atoms with Gasteiger partial charge in [-0.25, -0.2) is 0 Å². The summed E-state index contributed by atoms with van der Waals surface area (Å²) in [6, 6.07) is 3.88. The van der Waals surface area contributed by atoms with Crippen LogP contribution in [-0.2, 0) is 11.8 Å². The number of carbonyl (C=O) groups excluding carboxylic acids is 2. The average molecular weight is 382 g/mol. The van der Waals surface area contributed by atoms with Crippen LogP contribution in [0.25, 0.3) is 0 Å². The molecule has 11 heteroatoms. The highest BCUT2D eigenvalue weighted by molar-refractivity contribution is 6.32. The van der Waals surface area contributed by atoms with E-state index < -0.39 is 16.7 Å². The predicted octanol–water partition coefficient (Wildman–Crippen LogP) is 1.70. The minimum Gasteiger partial charge on any atom is -0.479 e. The van der Waals surface area contributed by atoms with E-state index in [9.17, 15) is 19.7 Å². The number of nitrogens with one attached hydrogen (secondary N) is 1. The third-order valence-electron chi connectivity index (χ3n) is 3.37.